The first kappa shape index (κ1) is 22.5. The lowest BCUT2D eigenvalue weighted by molar-refractivity contribution is -0.136. The minimum atomic E-state index is -0.821. The summed E-state index contributed by atoms with van der Waals surface area (Å²) in [5.74, 6) is -2.09. The van der Waals surface area contributed by atoms with E-state index >= 15 is 0 Å². The molecule has 164 valence electrons. The van der Waals surface area contributed by atoms with Crippen LogP contribution >= 0.6 is 0 Å². The molecule has 6 heteroatoms. The maximum atomic E-state index is 12.5. The van der Waals surface area contributed by atoms with Crippen molar-refractivity contribution in [2.24, 2.45) is 0 Å². The number of anilines is 1. The first-order valence-electron chi connectivity index (χ1n) is 11.0. The predicted octanol–water partition coefficient (Wildman–Crippen LogP) is 4.34. The van der Waals surface area contributed by atoms with Crippen LogP contribution in [-0.4, -0.2) is 24.4 Å². The van der Waals surface area contributed by atoms with Crippen molar-refractivity contribution in [2.75, 3.05) is 11.9 Å². The zero-order chi connectivity index (χ0) is 22.2. The minimum Gasteiger partial charge on any atom is -0.462 e. The van der Waals surface area contributed by atoms with Crippen molar-refractivity contribution < 1.29 is 19.1 Å². The number of rotatable bonds is 7. The first-order valence-corrected chi connectivity index (χ1v) is 11.0. The van der Waals surface area contributed by atoms with Gasteiger partial charge < -0.3 is 15.4 Å². The van der Waals surface area contributed by atoms with E-state index in [4.69, 9.17) is 4.74 Å². The van der Waals surface area contributed by atoms with Crippen molar-refractivity contribution >= 4 is 23.5 Å². The SMILES string of the molecule is CCCCOC(=O)c1ccccc1NC(=O)C(=O)NC(C)c1ccc2c(c1)CCCC2. The number of hydrogen-bond donors (Lipinski definition) is 2. The fraction of sp³-hybridized carbons (Fsp3) is 0.400. The third-order valence-electron chi connectivity index (χ3n) is 5.55. The molecular weight excluding hydrogens is 392 g/mol. The molecule has 3 rings (SSSR count). The van der Waals surface area contributed by atoms with Gasteiger partial charge in [0.2, 0.25) is 0 Å². The summed E-state index contributed by atoms with van der Waals surface area (Å²) in [5.41, 5.74) is 4.15. The summed E-state index contributed by atoms with van der Waals surface area (Å²) < 4.78 is 5.23. The summed E-state index contributed by atoms with van der Waals surface area (Å²) in [6.45, 7) is 4.18. The highest BCUT2D eigenvalue weighted by Gasteiger charge is 2.21. The minimum absolute atomic E-state index is 0.225. The van der Waals surface area contributed by atoms with Gasteiger partial charge in [-0.25, -0.2) is 4.79 Å². The van der Waals surface area contributed by atoms with Crippen molar-refractivity contribution in [1.29, 1.82) is 0 Å². The second-order valence-corrected chi connectivity index (χ2v) is 7.92. The number of carbonyl (C=O) groups is 3. The Hall–Kier alpha value is -3.15. The van der Waals surface area contributed by atoms with Gasteiger partial charge in [0.25, 0.3) is 0 Å². The number of hydrogen-bond acceptors (Lipinski definition) is 4. The molecule has 1 unspecified atom stereocenters. The number of amides is 2. The van der Waals surface area contributed by atoms with E-state index in [-0.39, 0.29) is 17.3 Å². The van der Waals surface area contributed by atoms with Gasteiger partial charge in [-0.2, -0.15) is 0 Å². The second-order valence-electron chi connectivity index (χ2n) is 7.92. The van der Waals surface area contributed by atoms with E-state index in [1.807, 2.05) is 19.9 Å². The van der Waals surface area contributed by atoms with E-state index in [1.165, 1.54) is 24.0 Å². The van der Waals surface area contributed by atoms with Gasteiger partial charge >= 0.3 is 17.8 Å². The summed E-state index contributed by atoms with van der Waals surface area (Å²) in [7, 11) is 0. The summed E-state index contributed by atoms with van der Waals surface area (Å²) in [5, 5.41) is 5.28. The van der Waals surface area contributed by atoms with Crippen molar-refractivity contribution in [1.82, 2.24) is 5.32 Å². The standard InChI is InChI=1S/C25H30N2O4/c1-3-4-15-31-25(30)21-11-7-8-12-22(21)27-24(29)23(28)26-17(2)19-14-13-18-9-5-6-10-20(18)16-19/h7-8,11-14,16-17H,3-6,9-10,15H2,1-2H3,(H,26,28)(H,27,29). The fourth-order valence-corrected chi connectivity index (χ4v) is 3.70. The normalized spacial score (nSPS) is 13.6. The molecule has 0 aromatic heterocycles. The molecule has 31 heavy (non-hydrogen) atoms. The first-order chi connectivity index (χ1) is 15.0. The topological polar surface area (TPSA) is 84.5 Å². The van der Waals surface area contributed by atoms with Gasteiger partial charge in [-0.05, 0) is 67.9 Å². The Labute approximate surface area is 183 Å². The number of esters is 1. The highest BCUT2D eigenvalue weighted by atomic mass is 16.5. The lowest BCUT2D eigenvalue weighted by Crippen LogP contribution is -2.37. The summed E-state index contributed by atoms with van der Waals surface area (Å²) in [6, 6.07) is 12.5. The molecule has 2 amide bonds. The highest BCUT2D eigenvalue weighted by Crippen LogP contribution is 2.25. The van der Waals surface area contributed by atoms with Crippen molar-refractivity contribution in [3.8, 4) is 0 Å². The van der Waals surface area contributed by atoms with Gasteiger partial charge in [-0.15, -0.1) is 0 Å². The number of unbranched alkanes of at least 4 members (excludes halogenated alkanes) is 1. The van der Waals surface area contributed by atoms with Gasteiger partial charge in [0.15, 0.2) is 0 Å². The number of benzene rings is 2. The molecular formula is C25H30N2O4. The van der Waals surface area contributed by atoms with Crippen LogP contribution in [0.15, 0.2) is 42.5 Å². The average molecular weight is 423 g/mol. The molecule has 2 aromatic rings. The van der Waals surface area contributed by atoms with Crippen LogP contribution in [-0.2, 0) is 27.2 Å². The van der Waals surface area contributed by atoms with Gasteiger partial charge in [0, 0.05) is 0 Å². The number of ether oxygens (including phenoxy) is 1. The van der Waals surface area contributed by atoms with Crippen LogP contribution in [0, 0.1) is 0 Å². The average Bonchev–Trinajstić information content (AvgIpc) is 2.79. The zero-order valence-electron chi connectivity index (χ0n) is 18.2. The lowest BCUT2D eigenvalue weighted by Gasteiger charge is -2.20. The Morgan fingerprint density at radius 1 is 1.00 bits per heavy atom. The van der Waals surface area contributed by atoms with Crippen LogP contribution in [0.1, 0.15) is 72.6 Å². The molecule has 2 N–H and O–H groups in total. The predicted molar refractivity (Wildman–Crippen MR) is 120 cm³/mol. The second kappa shape index (κ2) is 10.8. The Bertz CT molecular complexity index is 954. The molecule has 6 nitrogen and oxygen atoms in total. The Morgan fingerprint density at radius 3 is 2.52 bits per heavy atom. The molecule has 2 aromatic carbocycles. The van der Waals surface area contributed by atoms with Crippen molar-refractivity contribution in [3.63, 3.8) is 0 Å². The highest BCUT2D eigenvalue weighted by molar-refractivity contribution is 6.40. The molecule has 1 atom stereocenters. The molecule has 0 saturated carbocycles. The largest absolute Gasteiger partial charge is 0.462 e. The quantitative estimate of drug-likeness (QED) is 0.395. The smallest absolute Gasteiger partial charge is 0.340 e. The third-order valence-corrected chi connectivity index (χ3v) is 5.55. The van der Waals surface area contributed by atoms with Crippen molar-refractivity contribution in [2.45, 2.75) is 58.4 Å². The molecule has 0 bridgehead atoms. The van der Waals surface area contributed by atoms with E-state index in [0.29, 0.717) is 6.61 Å². The van der Waals surface area contributed by atoms with Crippen LogP contribution in [0.4, 0.5) is 5.69 Å². The molecule has 0 fully saturated rings. The molecule has 0 heterocycles. The molecule has 0 radical (unpaired) electrons. The summed E-state index contributed by atoms with van der Waals surface area (Å²) in [6.07, 6.45) is 6.22. The maximum absolute atomic E-state index is 12.5. The van der Waals surface area contributed by atoms with Crippen molar-refractivity contribution in [3.05, 3.63) is 64.7 Å². The van der Waals surface area contributed by atoms with Crippen LogP contribution in [0.25, 0.3) is 0 Å². The molecule has 0 saturated heterocycles. The molecule has 0 aliphatic heterocycles. The van der Waals surface area contributed by atoms with Gasteiger partial charge in [0.1, 0.15) is 0 Å². The Balaban J connectivity index is 1.62. The number of para-hydroxylation sites is 1. The molecule has 0 spiro atoms. The molecule has 1 aliphatic rings. The number of carbonyl (C=O) groups excluding carboxylic acids is 3. The van der Waals surface area contributed by atoms with Gasteiger partial charge in [-0.1, -0.05) is 43.7 Å². The Kier molecular flexibility index (Phi) is 7.82. The third kappa shape index (κ3) is 5.94. The van der Waals surface area contributed by atoms with E-state index in [9.17, 15) is 14.4 Å². The van der Waals surface area contributed by atoms with Crippen LogP contribution in [0.3, 0.4) is 0 Å². The van der Waals surface area contributed by atoms with Gasteiger partial charge in [-0.3, -0.25) is 9.59 Å². The van der Waals surface area contributed by atoms with E-state index in [2.05, 4.69) is 22.8 Å². The van der Waals surface area contributed by atoms with Crippen LogP contribution < -0.4 is 10.6 Å². The Morgan fingerprint density at radius 2 is 1.74 bits per heavy atom. The summed E-state index contributed by atoms with van der Waals surface area (Å²) >= 11 is 0. The maximum Gasteiger partial charge on any atom is 0.340 e. The van der Waals surface area contributed by atoms with E-state index in [0.717, 1.165) is 31.2 Å². The fourth-order valence-electron chi connectivity index (χ4n) is 3.70. The summed E-state index contributed by atoms with van der Waals surface area (Å²) in [4.78, 5) is 37.2. The number of fused-ring (bicyclic) bond motifs is 1. The van der Waals surface area contributed by atoms with Gasteiger partial charge in [0.05, 0.1) is 23.9 Å². The molecule has 1 aliphatic carbocycles. The number of nitrogens with one attached hydrogen (secondary N) is 2. The van der Waals surface area contributed by atoms with Crippen LogP contribution in [0.5, 0.6) is 0 Å². The van der Waals surface area contributed by atoms with E-state index < -0.39 is 17.8 Å². The number of aryl methyl sites for hydroxylation is 2. The van der Waals surface area contributed by atoms with E-state index in [1.54, 1.807) is 24.3 Å². The monoisotopic (exact) mass is 422 g/mol. The zero-order valence-corrected chi connectivity index (χ0v) is 18.2. The lowest BCUT2D eigenvalue weighted by atomic mass is 9.89. The van der Waals surface area contributed by atoms with Crippen LogP contribution in [0.2, 0.25) is 0 Å².